The molecule has 1 rings (SSSR count). The first-order chi connectivity index (χ1) is 9.78. The largest absolute Gasteiger partial charge is 0.461 e. The SMILES string of the molecule is CCOC(=O)c1[nH]c(C)c(S(=O)(=O)N[C@@H](CC)CO)c1C. The second-order valence-corrected chi connectivity index (χ2v) is 6.36. The van der Waals surface area contributed by atoms with Crippen LogP contribution in [0.5, 0.6) is 0 Å². The summed E-state index contributed by atoms with van der Waals surface area (Å²) in [5.41, 5.74) is 0.800. The standard InChI is InChI=1S/C13H22N2O5S/c1-5-10(7-16)15-21(18,19)12-8(3)11(14-9(12)4)13(17)20-6-2/h10,14-16H,5-7H2,1-4H3/t10-/m0/s1. The number of carbonyl (C=O) groups excluding carboxylic acids is 1. The van der Waals surface area contributed by atoms with Gasteiger partial charge in [-0.25, -0.2) is 17.9 Å². The predicted octanol–water partition coefficient (Wildman–Crippen LogP) is 0.857. The van der Waals surface area contributed by atoms with E-state index in [-0.39, 0.29) is 23.8 Å². The summed E-state index contributed by atoms with van der Waals surface area (Å²) in [6.07, 6.45) is 0.461. The number of aromatic nitrogens is 1. The summed E-state index contributed by atoms with van der Waals surface area (Å²) >= 11 is 0. The number of esters is 1. The minimum absolute atomic E-state index is 0.0254. The number of rotatable bonds is 7. The molecule has 0 saturated heterocycles. The third kappa shape index (κ3) is 3.84. The summed E-state index contributed by atoms with van der Waals surface area (Å²) in [6, 6.07) is -0.560. The zero-order valence-electron chi connectivity index (χ0n) is 12.7. The van der Waals surface area contributed by atoms with Gasteiger partial charge in [-0.15, -0.1) is 0 Å². The Morgan fingerprint density at radius 2 is 2.00 bits per heavy atom. The minimum atomic E-state index is -3.82. The maximum absolute atomic E-state index is 12.4. The van der Waals surface area contributed by atoms with E-state index in [2.05, 4.69) is 9.71 Å². The number of carbonyl (C=O) groups is 1. The molecule has 8 heteroatoms. The number of aliphatic hydroxyl groups is 1. The van der Waals surface area contributed by atoms with Crippen LogP contribution in [0.3, 0.4) is 0 Å². The Kier molecular flexibility index (Phi) is 5.94. The highest BCUT2D eigenvalue weighted by atomic mass is 32.2. The van der Waals surface area contributed by atoms with Gasteiger partial charge < -0.3 is 14.8 Å². The van der Waals surface area contributed by atoms with Crippen molar-refractivity contribution >= 4 is 16.0 Å². The van der Waals surface area contributed by atoms with Crippen LogP contribution in [-0.2, 0) is 14.8 Å². The number of nitrogens with one attached hydrogen (secondary N) is 2. The van der Waals surface area contributed by atoms with Crippen molar-refractivity contribution in [1.29, 1.82) is 0 Å². The van der Waals surface area contributed by atoms with Gasteiger partial charge in [0.05, 0.1) is 13.2 Å². The quantitative estimate of drug-likeness (QED) is 0.646. The van der Waals surface area contributed by atoms with E-state index in [4.69, 9.17) is 9.84 Å². The zero-order chi connectivity index (χ0) is 16.2. The molecule has 0 aliphatic carbocycles. The summed E-state index contributed by atoms with van der Waals surface area (Å²) in [6.45, 7) is 6.48. The second kappa shape index (κ2) is 7.06. The highest BCUT2D eigenvalue weighted by Gasteiger charge is 2.28. The van der Waals surface area contributed by atoms with Crippen molar-refractivity contribution in [1.82, 2.24) is 9.71 Å². The molecule has 1 aromatic rings. The first kappa shape index (κ1) is 17.7. The Labute approximate surface area is 124 Å². The van der Waals surface area contributed by atoms with Crippen LogP contribution in [0.4, 0.5) is 0 Å². The lowest BCUT2D eigenvalue weighted by atomic mass is 10.2. The molecule has 7 nitrogen and oxygen atoms in total. The fourth-order valence-electron chi connectivity index (χ4n) is 2.07. The maximum Gasteiger partial charge on any atom is 0.355 e. The lowest BCUT2D eigenvalue weighted by molar-refractivity contribution is 0.0519. The van der Waals surface area contributed by atoms with E-state index in [0.717, 1.165) is 0 Å². The van der Waals surface area contributed by atoms with Crippen LogP contribution in [0, 0.1) is 13.8 Å². The molecule has 0 saturated carbocycles. The third-order valence-electron chi connectivity index (χ3n) is 3.15. The molecule has 0 amide bonds. The van der Waals surface area contributed by atoms with Crippen molar-refractivity contribution in [3.8, 4) is 0 Å². The normalized spacial score (nSPS) is 13.2. The number of aromatic amines is 1. The van der Waals surface area contributed by atoms with Gasteiger partial charge in [0.15, 0.2) is 0 Å². The molecule has 120 valence electrons. The number of H-pyrrole nitrogens is 1. The average Bonchev–Trinajstić information content (AvgIpc) is 2.72. The second-order valence-electron chi connectivity index (χ2n) is 4.71. The van der Waals surface area contributed by atoms with Crippen molar-refractivity contribution in [3.05, 3.63) is 17.0 Å². The highest BCUT2D eigenvalue weighted by Crippen LogP contribution is 2.24. The number of aliphatic hydroxyl groups excluding tert-OH is 1. The fraction of sp³-hybridized carbons (Fsp3) is 0.615. The highest BCUT2D eigenvalue weighted by molar-refractivity contribution is 7.89. The molecule has 0 radical (unpaired) electrons. The molecule has 1 heterocycles. The molecule has 21 heavy (non-hydrogen) atoms. The van der Waals surface area contributed by atoms with Crippen LogP contribution in [0.25, 0.3) is 0 Å². The first-order valence-corrected chi connectivity index (χ1v) is 8.26. The lowest BCUT2D eigenvalue weighted by Gasteiger charge is -2.14. The van der Waals surface area contributed by atoms with E-state index >= 15 is 0 Å². The van der Waals surface area contributed by atoms with E-state index in [0.29, 0.717) is 17.7 Å². The molecule has 1 aromatic heterocycles. The van der Waals surface area contributed by atoms with Gasteiger partial charge in [-0.2, -0.15) is 0 Å². The van der Waals surface area contributed by atoms with Crippen LogP contribution in [0.2, 0.25) is 0 Å². The van der Waals surface area contributed by atoms with Crippen molar-refractivity contribution < 1.29 is 23.1 Å². The Morgan fingerprint density at radius 3 is 2.48 bits per heavy atom. The van der Waals surface area contributed by atoms with Gasteiger partial charge in [0, 0.05) is 17.3 Å². The fourth-order valence-corrected chi connectivity index (χ4v) is 3.83. The summed E-state index contributed by atoms with van der Waals surface area (Å²) in [7, 11) is -3.82. The van der Waals surface area contributed by atoms with Crippen molar-refractivity contribution in [2.75, 3.05) is 13.2 Å². The summed E-state index contributed by atoms with van der Waals surface area (Å²) in [5, 5.41) is 9.13. The van der Waals surface area contributed by atoms with E-state index in [1.165, 1.54) is 0 Å². The molecule has 0 aliphatic heterocycles. The molecule has 0 fully saturated rings. The van der Waals surface area contributed by atoms with Gasteiger partial charge in [-0.1, -0.05) is 6.92 Å². The van der Waals surface area contributed by atoms with Crippen LogP contribution >= 0.6 is 0 Å². The Hall–Kier alpha value is -1.38. The monoisotopic (exact) mass is 318 g/mol. The van der Waals surface area contributed by atoms with Gasteiger partial charge in [-0.05, 0) is 27.2 Å². The van der Waals surface area contributed by atoms with Crippen LogP contribution in [0.1, 0.15) is 42.0 Å². The minimum Gasteiger partial charge on any atom is -0.461 e. The third-order valence-corrected chi connectivity index (χ3v) is 4.95. The Bertz CT molecular complexity index is 602. The van der Waals surface area contributed by atoms with Crippen LogP contribution in [-0.4, -0.2) is 43.7 Å². The van der Waals surface area contributed by atoms with Gasteiger partial charge in [0.25, 0.3) is 0 Å². The van der Waals surface area contributed by atoms with Gasteiger partial charge in [-0.3, -0.25) is 0 Å². The van der Waals surface area contributed by atoms with Gasteiger partial charge in [0.1, 0.15) is 10.6 Å². The number of ether oxygens (including phenoxy) is 1. The summed E-state index contributed by atoms with van der Waals surface area (Å²) in [4.78, 5) is 14.6. The molecule has 0 aliphatic rings. The lowest BCUT2D eigenvalue weighted by Crippen LogP contribution is -2.37. The zero-order valence-corrected chi connectivity index (χ0v) is 13.5. The summed E-state index contributed by atoms with van der Waals surface area (Å²) < 4.78 is 32.1. The molecule has 0 unspecified atom stereocenters. The Morgan fingerprint density at radius 1 is 1.38 bits per heavy atom. The number of sulfonamides is 1. The molecule has 1 atom stereocenters. The van der Waals surface area contributed by atoms with Gasteiger partial charge in [0.2, 0.25) is 10.0 Å². The molecule has 3 N–H and O–H groups in total. The molecular weight excluding hydrogens is 296 g/mol. The Balaban J connectivity index is 3.22. The smallest absolute Gasteiger partial charge is 0.355 e. The predicted molar refractivity (Wildman–Crippen MR) is 77.7 cm³/mol. The number of hydrogen-bond acceptors (Lipinski definition) is 5. The summed E-state index contributed by atoms with van der Waals surface area (Å²) in [5.74, 6) is -0.589. The number of aryl methyl sites for hydroxylation is 1. The maximum atomic E-state index is 12.4. The van der Waals surface area contributed by atoms with E-state index in [1.807, 2.05) is 0 Å². The molecule has 0 bridgehead atoms. The average molecular weight is 318 g/mol. The first-order valence-electron chi connectivity index (χ1n) is 6.77. The van der Waals surface area contributed by atoms with E-state index < -0.39 is 22.0 Å². The molecular formula is C13H22N2O5S. The van der Waals surface area contributed by atoms with Crippen molar-refractivity contribution in [2.45, 2.75) is 45.1 Å². The van der Waals surface area contributed by atoms with Crippen LogP contribution in [0.15, 0.2) is 4.90 Å². The number of hydrogen-bond donors (Lipinski definition) is 3. The van der Waals surface area contributed by atoms with Crippen LogP contribution < -0.4 is 4.72 Å². The molecule has 0 spiro atoms. The van der Waals surface area contributed by atoms with E-state index in [1.54, 1.807) is 27.7 Å². The van der Waals surface area contributed by atoms with Crippen molar-refractivity contribution in [3.63, 3.8) is 0 Å². The van der Waals surface area contributed by atoms with Gasteiger partial charge >= 0.3 is 5.97 Å². The topological polar surface area (TPSA) is 108 Å². The van der Waals surface area contributed by atoms with Crippen molar-refractivity contribution in [2.24, 2.45) is 0 Å². The van der Waals surface area contributed by atoms with E-state index in [9.17, 15) is 13.2 Å². The molecule has 0 aromatic carbocycles.